The highest BCUT2D eigenvalue weighted by Crippen LogP contribution is 2.22. The molecule has 0 spiro atoms. The lowest BCUT2D eigenvalue weighted by Crippen LogP contribution is -2.35. The Balaban J connectivity index is 1.75. The zero-order valence-electron chi connectivity index (χ0n) is 17.1. The second-order valence-electron chi connectivity index (χ2n) is 7.56. The molecular weight excluding hydrogens is 366 g/mol. The predicted octanol–water partition coefficient (Wildman–Crippen LogP) is 3.16. The molecule has 3 rings (SSSR count). The number of aryl methyl sites for hydroxylation is 2. The van der Waals surface area contributed by atoms with Crippen LogP contribution in [-0.4, -0.2) is 15.5 Å². The van der Waals surface area contributed by atoms with E-state index in [1.807, 2.05) is 0 Å². The molecule has 0 fully saturated rings. The molecule has 0 bridgehead atoms. The molecule has 0 saturated heterocycles. The average Bonchev–Trinajstić information content (AvgIpc) is 2.72. The molecule has 1 amide bonds. The third kappa shape index (κ3) is 4.65. The van der Waals surface area contributed by atoms with Crippen molar-refractivity contribution in [1.29, 1.82) is 0 Å². The summed E-state index contributed by atoms with van der Waals surface area (Å²) in [5.41, 5.74) is 1.94. The number of fused-ring (bicyclic) bond motifs is 1. The van der Waals surface area contributed by atoms with Crippen LogP contribution >= 0.6 is 0 Å². The molecule has 0 aliphatic rings. The Labute approximate surface area is 169 Å². The Morgan fingerprint density at radius 2 is 1.76 bits per heavy atom. The Kier molecular flexibility index (Phi) is 6.32. The zero-order valence-corrected chi connectivity index (χ0v) is 17.1. The Bertz CT molecular complexity index is 1110. The zero-order chi connectivity index (χ0) is 21.0. The van der Waals surface area contributed by atoms with Crippen LogP contribution in [-0.2, 0) is 17.8 Å². The van der Waals surface area contributed by atoms with E-state index < -0.39 is 11.2 Å². The van der Waals surface area contributed by atoms with Crippen molar-refractivity contribution in [3.05, 3.63) is 80.5 Å². The van der Waals surface area contributed by atoms with Crippen LogP contribution in [0.2, 0.25) is 0 Å². The summed E-state index contributed by atoms with van der Waals surface area (Å²) in [5.74, 6) is 0.0912. The van der Waals surface area contributed by atoms with Gasteiger partial charge in [0.05, 0.1) is 16.9 Å². The van der Waals surface area contributed by atoms with Crippen molar-refractivity contribution in [2.45, 2.75) is 46.2 Å². The molecule has 152 valence electrons. The van der Waals surface area contributed by atoms with E-state index in [0.29, 0.717) is 10.9 Å². The molecule has 1 heterocycles. The van der Waals surface area contributed by atoms with Crippen LogP contribution < -0.4 is 16.6 Å². The summed E-state index contributed by atoms with van der Waals surface area (Å²) in [6, 6.07) is 15.1. The SMILES string of the molecule is CCc1ccc(C(NC(=O)CCn2c(=O)[nH]c(=O)c3ccccc32)C(C)C)cc1. The van der Waals surface area contributed by atoms with Gasteiger partial charge < -0.3 is 5.32 Å². The maximum atomic E-state index is 12.6. The monoisotopic (exact) mass is 393 g/mol. The van der Waals surface area contributed by atoms with Crippen LogP contribution in [0.5, 0.6) is 0 Å². The van der Waals surface area contributed by atoms with Gasteiger partial charge >= 0.3 is 5.69 Å². The maximum absolute atomic E-state index is 12.6. The van der Waals surface area contributed by atoms with Gasteiger partial charge in [0.1, 0.15) is 0 Å². The summed E-state index contributed by atoms with van der Waals surface area (Å²) in [7, 11) is 0. The van der Waals surface area contributed by atoms with E-state index in [0.717, 1.165) is 12.0 Å². The minimum absolute atomic E-state index is 0.0996. The van der Waals surface area contributed by atoms with Crippen molar-refractivity contribution in [2.75, 3.05) is 0 Å². The third-order valence-corrected chi connectivity index (χ3v) is 5.20. The van der Waals surface area contributed by atoms with Crippen molar-refractivity contribution in [3.63, 3.8) is 0 Å². The van der Waals surface area contributed by atoms with Crippen molar-refractivity contribution >= 4 is 16.8 Å². The summed E-state index contributed by atoms with van der Waals surface area (Å²) in [5, 5.41) is 3.53. The van der Waals surface area contributed by atoms with Gasteiger partial charge in [-0.05, 0) is 35.6 Å². The second kappa shape index (κ2) is 8.90. The van der Waals surface area contributed by atoms with Gasteiger partial charge in [-0.1, -0.05) is 57.2 Å². The van der Waals surface area contributed by atoms with Gasteiger partial charge in [-0.3, -0.25) is 19.1 Å². The number of aromatic amines is 1. The summed E-state index contributed by atoms with van der Waals surface area (Å²) in [6.45, 7) is 6.44. The minimum Gasteiger partial charge on any atom is -0.349 e. The molecular formula is C23H27N3O3. The summed E-state index contributed by atoms with van der Waals surface area (Å²) >= 11 is 0. The molecule has 0 aliphatic heterocycles. The van der Waals surface area contributed by atoms with Crippen molar-refractivity contribution in [3.8, 4) is 0 Å². The highest BCUT2D eigenvalue weighted by molar-refractivity contribution is 5.79. The first-order valence-electron chi connectivity index (χ1n) is 10.0. The van der Waals surface area contributed by atoms with Crippen molar-refractivity contribution in [2.24, 2.45) is 5.92 Å². The van der Waals surface area contributed by atoms with Crippen LogP contribution in [0.4, 0.5) is 0 Å². The number of hydrogen-bond donors (Lipinski definition) is 2. The molecule has 0 radical (unpaired) electrons. The average molecular weight is 393 g/mol. The molecule has 0 aliphatic carbocycles. The number of carbonyl (C=O) groups excluding carboxylic acids is 1. The maximum Gasteiger partial charge on any atom is 0.328 e. The minimum atomic E-state index is -0.503. The highest BCUT2D eigenvalue weighted by Gasteiger charge is 2.18. The van der Waals surface area contributed by atoms with Gasteiger partial charge in [0.15, 0.2) is 0 Å². The van der Waals surface area contributed by atoms with Crippen molar-refractivity contribution in [1.82, 2.24) is 14.9 Å². The standard InChI is InChI=1S/C23H27N3O3/c1-4-16-9-11-17(12-10-16)21(15(2)3)24-20(27)13-14-26-19-8-6-5-7-18(19)22(28)25-23(26)29/h5-12,15,21H,4,13-14H2,1-3H3,(H,24,27)(H,25,28,29). The quantitative estimate of drug-likeness (QED) is 0.647. The van der Waals surface area contributed by atoms with Gasteiger partial charge in [0, 0.05) is 13.0 Å². The van der Waals surface area contributed by atoms with Gasteiger partial charge in [0.2, 0.25) is 5.91 Å². The molecule has 1 unspecified atom stereocenters. The number of carbonyl (C=O) groups is 1. The molecule has 6 heteroatoms. The highest BCUT2D eigenvalue weighted by atomic mass is 16.2. The predicted molar refractivity (Wildman–Crippen MR) is 115 cm³/mol. The number of nitrogens with one attached hydrogen (secondary N) is 2. The number of para-hydroxylation sites is 1. The first-order valence-corrected chi connectivity index (χ1v) is 10.0. The van der Waals surface area contributed by atoms with E-state index in [1.165, 1.54) is 10.1 Å². The fourth-order valence-electron chi connectivity index (χ4n) is 3.52. The van der Waals surface area contributed by atoms with E-state index in [-0.39, 0.29) is 30.8 Å². The Hall–Kier alpha value is -3.15. The van der Waals surface area contributed by atoms with E-state index in [4.69, 9.17) is 0 Å². The fourth-order valence-corrected chi connectivity index (χ4v) is 3.52. The summed E-state index contributed by atoms with van der Waals surface area (Å²) in [4.78, 5) is 39.2. The lowest BCUT2D eigenvalue weighted by atomic mass is 9.94. The number of benzene rings is 2. The first kappa shape index (κ1) is 20.6. The number of amides is 1. The normalized spacial score (nSPS) is 12.3. The summed E-state index contributed by atoms with van der Waals surface area (Å²) < 4.78 is 1.44. The second-order valence-corrected chi connectivity index (χ2v) is 7.56. The molecule has 2 N–H and O–H groups in total. The molecule has 1 atom stereocenters. The van der Waals surface area contributed by atoms with Gasteiger partial charge in [-0.15, -0.1) is 0 Å². The van der Waals surface area contributed by atoms with Crippen LogP contribution in [0, 0.1) is 5.92 Å². The molecule has 0 saturated carbocycles. The van der Waals surface area contributed by atoms with E-state index >= 15 is 0 Å². The smallest absolute Gasteiger partial charge is 0.328 e. The van der Waals surface area contributed by atoms with Gasteiger partial charge in [-0.25, -0.2) is 4.79 Å². The van der Waals surface area contributed by atoms with Crippen LogP contribution in [0.3, 0.4) is 0 Å². The third-order valence-electron chi connectivity index (χ3n) is 5.20. The van der Waals surface area contributed by atoms with Gasteiger partial charge in [-0.2, -0.15) is 0 Å². The first-order chi connectivity index (χ1) is 13.9. The molecule has 1 aromatic heterocycles. The van der Waals surface area contributed by atoms with Crippen molar-refractivity contribution < 1.29 is 4.79 Å². The number of aromatic nitrogens is 2. The fraction of sp³-hybridized carbons (Fsp3) is 0.348. The molecule has 29 heavy (non-hydrogen) atoms. The topological polar surface area (TPSA) is 84.0 Å². The number of nitrogens with zero attached hydrogens (tertiary/aromatic N) is 1. The van der Waals surface area contributed by atoms with Crippen LogP contribution in [0.1, 0.15) is 44.4 Å². The lowest BCUT2D eigenvalue weighted by molar-refractivity contribution is -0.122. The number of hydrogen-bond acceptors (Lipinski definition) is 3. The van der Waals surface area contributed by atoms with Crippen LogP contribution in [0.15, 0.2) is 58.1 Å². The van der Waals surface area contributed by atoms with E-state index in [2.05, 4.69) is 55.3 Å². The Morgan fingerprint density at radius 3 is 2.41 bits per heavy atom. The lowest BCUT2D eigenvalue weighted by Gasteiger charge is -2.23. The van der Waals surface area contributed by atoms with Crippen LogP contribution in [0.25, 0.3) is 10.9 Å². The summed E-state index contributed by atoms with van der Waals surface area (Å²) in [6.07, 6.45) is 1.12. The number of rotatable bonds is 7. The van der Waals surface area contributed by atoms with E-state index in [9.17, 15) is 14.4 Å². The number of H-pyrrole nitrogens is 1. The molecule has 6 nitrogen and oxygen atoms in total. The molecule has 2 aromatic carbocycles. The van der Waals surface area contributed by atoms with E-state index in [1.54, 1.807) is 24.3 Å². The van der Waals surface area contributed by atoms with Gasteiger partial charge in [0.25, 0.3) is 5.56 Å². The largest absolute Gasteiger partial charge is 0.349 e. The molecule has 3 aromatic rings. The Morgan fingerprint density at radius 1 is 1.07 bits per heavy atom.